The molecule has 1 heterocycles. The fourth-order valence-corrected chi connectivity index (χ4v) is 2.29. The van der Waals surface area contributed by atoms with E-state index >= 15 is 0 Å². The summed E-state index contributed by atoms with van der Waals surface area (Å²) < 4.78 is 5.84. The second-order valence-corrected chi connectivity index (χ2v) is 4.80. The molecule has 5 heteroatoms. The Morgan fingerprint density at radius 3 is 2.65 bits per heavy atom. The highest BCUT2D eigenvalue weighted by Crippen LogP contribution is 2.20. The van der Waals surface area contributed by atoms with Crippen molar-refractivity contribution in [3.05, 3.63) is 29.8 Å². The quantitative estimate of drug-likeness (QED) is 0.923. The van der Waals surface area contributed by atoms with Gasteiger partial charge in [-0.15, -0.1) is 12.4 Å². The third kappa shape index (κ3) is 4.12. The summed E-state index contributed by atoms with van der Waals surface area (Å²) in [6, 6.07) is 7.91. The fraction of sp³-hybridized carbons (Fsp3) is 0.533. The zero-order valence-corrected chi connectivity index (χ0v) is 12.9. The van der Waals surface area contributed by atoms with Gasteiger partial charge in [-0.3, -0.25) is 4.79 Å². The van der Waals surface area contributed by atoms with Crippen LogP contribution in [-0.4, -0.2) is 43.1 Å². The molecule has 0 saturated carbocycles. The molecular weight excluding hydrogens is 276 g/mol. The van der Waals surface area contributed by atoms with Crippen LogP contribution in [0.2, 0.25) is 0 Å². The van der Waals surface area contributed by atoms with Crippen molar-refractivity contribution in [2.45, 2.75) is 26.4 Å². The molecule has 0 bridgehead atoms. The van der Waals surface area contributed by atoms with E-state index in [2.05, 4.69) is 12.2 Å². The molecule has 1 aromatic carbocycles. The maximum Gasteiger partial charge on any atom is 0.263 e. The van der Waals surface area contributed by atoms with Crippen LogP contribution in [0.1, 0.15) is 19.4 Å². The second-order valence-electron chi connectivity index (χ2n) is 4.80. The number of carbonyl (C=O) groups excluding carboxylic acids is 1. The Hall–Kier alpha value is -1.26. The van der Waals surface area contributed by atoms with Gasteiger partial charge in [0.2, 0.25) is 0 Å². The number of para-hydroxylation sites is 1. The maximum atomic E-state index is 12.3. The molecule has 2 rings (SSSR count). The van der Waals surface area contributed by atoms with Crippen molar-refractivity contribution >= 4 is 18.3 Å². The number of carbonyl (C=O) groups is 1. The summed E-state index contributed by atoms with van der Waals surface area (Å²) in [5, 5.41) is 3.24. The Morgan fingerprint density at radius 2 is 2.00 bits per heavy atom. The first kappa shape index (κ1) is 16.8. The van der Waals surface area contributed by atoms with Crippen molar-refractivity contribution in [3.8, 4) is 5.75 Å². The predicted octanol–water partition coefficient (Wildman–Crippen LogP) is 1.87. The first-order chi connectivity index (χ1) is 9.22. The SMILES string of the molecule is CCc1ccccc1OC(C)C(=O)N1CCNCC1.Cl. The molecule has 20 heavy (non-hydrogen) atoms. The van der Waals surface area contributed by atoms with Gasteiger partial charge in [0.15, 0.2) is 6.10 Å². The van der Waals surface area contributed by atoms with E-state index in [4.69, 9.17) is 4.74 Å². The molecule has 1 amide bonds. The van der Waals surface area contributed by atoms with Crippen LogP contribution < -0.4 is 10.1 Å². The molecule has 4 nitrogen and oxygen atoms in total. The standard InChI is InChI=1S/C15H22N2O2.ClH/c1-3-13-6-4-5-7-14(13)19-12(2)15(18)17-10-8-16-9-11-17;/h4-7,12,16H,3,8-11H2,1-2H3;1H. The molecule has 1 N–H and O–H groups in total. The zero-order chi connectivity index (χ0) is 13.7. The van der Waals surface area contributed by atoms with Crippen molar-refractivity contribution in [3.63, 3.8) is 0 Å². The number of aryl methyl sites for hydroxylation is 1. The molecule has 0 spiro atoms. The van der Waals surface area contributed by atoms with Gasteiger partial charge in [-0.05, 0) is 25.0 Å². The van der Waals surface area contributed by atoms with Crippen LogP contribution in [0.25, 0.3) is 0 Å². The van der Waals surface area contributed by atoms with E-state index in [1.165, 1.54) is 0 Å². The van der Waals surface area contributed by atoms with E-state index in [1.54, 1.807) is 0 Å². The van der Waals surface area contributed by atoms with E-state index in [0.717, 1.165) is 43.9 Å². The lowest BCUT2D eigenvalue weighted by Crippen LogP contribution is -2.50. The average Bonchev–Trinajstić information content (AvgIpc) is 2.48. The molecule has 1 aliphatic rings. The lowest BCUT2D eigenvalue weighted by molar-refractivity contribution is -0.138. The highest BCUT2D eigenvalue weighted by atomic mass is 35.5. The summed E-state index contributed by atoms with van der Waals surface area (Å²) in [6.45, 7) is 7.18. The van der Waals surface area contributed by atoms with Crippen LogP contribution >= 0.6 is 12.4 Å². The zero-order valence-electron chi connectivity index (χ0n) is 12.1. The molecule has 0 aromatic heterocycles. The van der Waals surface area contributed by atoms with E-state index in [1.807, 2.05) is 36.1 Å². The normalized spacial score (nSPS) is 16.2. The van der Waals surface area contributed by atoms with Gasteiger partial charge in [0, 0.05) is 26.2 Å². The van der Waals surface area contributed by atoms with Gasteiger partial charge in [-0.1, -0.05) is 25.1 Å². The number of nitrogens with one attached hydrogen (secondary N) is 1. The lowest BCUT2D eigenvalue weighted by Gasteiger charge is -2.30. The number of piperazine rings is 1. The smallest absolute Gasteiger partial charge is 0.263 e. The number of ether oxygens (including phenoxy) is 1. The van der Waals surface area contributed by atoms with Crippen molar-refractivity contribution in [1.82, 2.24) is 10.2 Å². The van der Waals surface area contributed by atoms with E-state index in [0.29, 0.717) is 0 Å². The Balaban J connectivity index is 0.00000200. The number of nitrogens with zero attached hydrogens (tertiary/aromatic N) is 1. The third-order valence-corrected chi connectivity index (χ3v) is 3.43. The van der Waals surface area contributed by atoms with Crippen molar-refractivity contribution in [1.29, 1.82) is 0 Å². The molecular formula is C15H23ClN2O2. The van der Waals surface area contributed by atoms with Crippen LogP contribution in [0, 0.1) is 0 Å². The average molecular weight is 299 g/mol. The molecule has 1 aromatic rings. The third-order valence-electron chi connectivity index (χ3n) is 3.43. The van der Waals surface area contributed by atoms with E-state index in [9.17, 15) is 4.79 Å². The van der Waals surface area contributed by atoms with Crippen LogP contribution in [-0.2, 0) is 11.2 Å². The summed E-state index contributed by atoms with van der Waals surface area (Å²) in [6.07, 6.45) is 0.482. The molecule has 0 aliphatic carbocycles. The molecule has 1 atom stereocenters. The molecule has 1 fully saturated rings. The second kappa shape index (κ2) is 8.12. The Kier molecular flexibility index (Phi) is 6.82. The molecule has 1 saturated heterocycles. The highest BCUT2D eigenvalue weighted by Gasteiger charge is 2.23. The highest BCUT2D eigenvalue weighted by molar-refractivity contribution is 5.85. The first-order valence-corrected chi connectivity index (χ1v) is 6.96. The van der Waals surface area contributed by atoms with Gasteiger partial charge < -0.3 is 15.0 Å². The molecule has 1 unspecified atom stereocenters. The number of amides is 1. The maximum absolute atomic E-state index is 12.3. The van der Waals surface area contributed by atoms with E-state index in [-0.39, 0.29) is 18.3 Å². The predicted molar refractivity (Wildman–Crippen MR) is 82.6 cm³/mol. The van der Waals surface area contributed by atoms with E-state index < -0.39 is 6.10 Å². The van der Waals surface area contributed by atoms with Crippen LogP contribution in [0.15, 0.2) is 24.3 Å². The van der Waals surface area contributed by atoms with Crippen LogP contribution in [0.3, 0.4) is 0 Å². The number of hydrogen-bond acceptors (Lipinski definition) is 3. The number of benzene rings is 1. The van der Waals surface area contributed by atoms with Crippen molar-refractivity contribution in [2.24, 2.45) is 0 Å². The minimum Gasteiger partial charge on any atom is -0.481 e. The Labute approximate surface area is 126 Å². The fourth-order valence-electron chi connectivity index (χ4n) is 2.29. The number of hydrogen-bond donors (Lipinski definition) is 1. The Bertz CT molecular complexity index is 434. The van der Waals surface area contributed by atoms with Gasteiger partial charge in [-0.25, -0.2) is 0 Å². The van der Waals surface area contributed by atoms with Gasteiger partial charge in [-0.2, -0.15) is 0 Å². The van der Waals surface area contributed by atoms with Gasteiger partial charge in [0.1, 0.15) is 5.75 Å². The number of halogens is 1. The van der Waals surface area contributed by atoms with Crippen molar-refractivity contribution < 1.29 is 9.53 Å². The largest absolute Gasteiger partial charge is 0.481 e. The molecule has 0 radical (unpaired) electrons. The lowest BCUT2D eigenvalue weighted by atomic mass is 10.1. The topological polar surface area (TPSA) is 41.6 Å². The summed E-state index contributed by atoms with van der Waals surface area (Å²) in [5.74, 6) is 0.897. The van der Waals surface area contributed by atoms with Crippen LogP contribution in [0.4, 0.5) is 0 Å². The summed E-state index contributed by atoms with van der Waals surface area (Å²) in [5.41, 5.74) is 1.14. The monoisotopic (exact) mass is 298 g/mol. The van der Waals surface area contributed by atoms with Crippen LogP contribution in [0.5, 0.6) is 5.75 Å². The van der Waals surface area contributed by atoms with Gasteiger partial charge in [0.05, 0.1) is 0 Å². The first-order valence-electron chi connectivity index (χ1n) is 6.96. The summed E-state index contributed by atoms with van der Waals surface area (Å²) in [4.78, 5) is 14.1. The van der Waals surface area contributed by atoms with Gasteiger partial charge in [0.25, 0.3) is 5.91 Å². The Morgan fingerprint density at radius 1 is 1.35 bits per heavy atom. The molecule has 1 aliphatic heterocycles. The molecule has 112 valence electrons. The van der Waals surface area contributed by atoms with Crippen molar-refractivity contribution in [2.75, 3.05) is 26.2 Å². The summed E-state index contributed by atoms with van der Waals surface area (Å²) >= 11 is 0. The van der Waals surface area contributed by atoms with Gasteiger partial charge >= 0.3 is 0 Å². The minimum absolute atomic E-state index is 0. The minimum atomic E-state index is -0.425. The number of rotatable bonds is 4. The summed E-state index contributed by atoms with van der Waals surface area (Å²) in [7, 11) is 0.